The summed E-state index contributed by atoms with van der Waals surface area (Å²) >= 11 is 0. The molecule has 0 aliphatic rings. The molecule has 0 saturated carbocycles. The average Bonchev–Trinajstić information content (AvgIpc) is 2.67. The molecule has 0 radical (unpaired) electrons. The van der Waals surface area contributed by atoms with Crippen LogP contribution in [-0.2, 0) is 18.5 Å². The Labute approximate surface area is 168 Å². The van der Waals surface area contributed by atoms with Gasteiger partial charge in [-0.1, -0.05) is 93.6 Å². The molecule has 4 rings (SSSR count). The third kappa shape index (κ3) is 3.81. The van der Waals surface area contributed by atoms with E-state index < -0.39 is 0 Å². The fraction of sp³-hybridized carbons (Fsp3) is 0.259. The van der Waals surface area contributed by atoms with Gasteiger partial charge in [-0.15, -0.1) is 0 Å². The third-order valence-corrected chi connectivity index (χ3v) is 5.58. The molecule has 0 unspecified atom stereocenters. The Morgan fingerprint density at radius 3 is 1.75 bits per heavy atom. The Bertz CT molecular complexity index is 1050. The maximum atomic E-state index is 2.42. The van der Waals surface area contributed by atoms with Gasteiger partial charge in [0.15, 0.2) is 0 Å². The highest BCUT2D eigenvalue weighted by Crippen LogP contribution is 2.30. The highest BCUT2D eigenvalue weighted by atomic mass is 15.1. The molecular weight excluding hydrogens is 338 g/mol. The summed E-state index contributed by atoms with van der Waals surface area (Å²) in [5.41, 5.74) is 4.37. The Morgan fingerprint density at radius 1 is 0.679 bits per heavy atom. The van der Waals surface area contributed by atoms with Crippen LogP contribution in [-0.4, -0.2) is 11.9 Å². The van der Waals surface area contributed by atoms with Crippen LogP contribution in [0.3, 0.4) is 0 Å². The second kappa shape index (κ2) is 7.41. The summed E-state index contributed by atoms with van der Waals surface area (Å²) in [7, 11) is 2.22. The highest BCUT2D eigenvalue weighted by Gasteiger charge is 2.14. The van der Waals surface area contributed by atoms with Crippen molar-refractivity contribution >= 4 is 21.5 Å². The molecule has 0 N–H and O–H groups in total. The minimum absolute atomic E-state index is 0.201. The standard InChI is InChI=1S/C27H29N/c1-27(2,3)23-15-13-20(14-16-23)18-28(4)19-26-24-11-7-5-9-21(24)17-22-10-6-8-12-25(22)26/h5-17H,18-19H2,1-4H3. The maximum absolute atomic E-state index is 2.42. The number of hydrogen-bond donors (Lipinski definition) is 0. The van der Waals surface area contributed by atoms with Gasteiger partial charge in [-0.25, -0.2) is 0 Å². The van der Waals surface area contributed by atoms with Crippen LogP contribution in [0.5, 0.6) is 0 Å². The molecule has 4 aromatic carbocycles. The molecule has 28 heavy (non-hydrogen) atoms. The van der Waals surface area contributed by atoms with Crippen molar-refractivity contribution in [1.82, 2.24) is 4.90 Å². The lowest BCUT2D eigenvalue weighted by atomic mass is 9.87. The minimum atomic E-state index is 0.201. The van der Waals surface area contributed by atoms with Crippen LogP contribution in [0.4, 0.5) is 0 Å². The van der Waals surface area contributed by atoms with Gasteiger partial charge in [0.1, 0.15) is 0 Å². The van der Waals surface area contributed by atoms with E-state index in [1.807, 2.05) is 0 Å². The van der Waals surface area contributed by atoms with Crippen LogP contribution in [0.25, 0.3) is 21.5 Å². The molecule has 1 heteroatoms. The van der Waals surface area contributed by atoms with Gasteiger partial charge in [0.2, 0.25) is 0 Å². The molecule has 0 heterocycles. The van der Waals surface area contributed by atoms with Crippen LogP contribution < -0.4 is 0 Å². The Balaban J connectivity index is 1.63. The summed E-state index contributed by atoms with van der Waals surface area (Å²) in [5, 5.41) is 5.35. The van der Waals surface area contributed by atoms with Crippen molar-refractivity contribution in [2.24, 2.45) is 0 Å². The van der Waals surface area contributed by atoms with Crippen molar-refractivity contribution < 1.29 is 0 Å². The van der Waals surface area contributed by atoms with E-state index in [1.54, 1.807) is 0 Å². The largest absolute Gasteiger partial charge is 0.298 e. The smallest absolute Gasteiger partial charge is 0.0246 e. The van der Waals surface area contributed by atoms with Crippen molar-refractivity contribution in [2.75, 3.05) is 7.05 Å². The second-order valence-corrected chi connectivity index (χ2v) is 8.92. The van der Waals surface area contributed by atoms with Crippen LogP contribution in [0, 0.1) is 0 Å². The molecule has 142 valence electrons. The summed E-state index contributed by atoms with van der Waals surface area (Å²) in [6.07, 6.45) is 0. The number of benzene rings is 4. The zero-order valence-corrected chi connectivity index (χ0v) is 17.4. The summed E-state index contributed by atoms with van der Waals surface area (Å²) in [6, 6.07) is 28.9. The van der Waals surface area contributed by atoms with Crippen molar-refractivity contribution in [2.45, 2.75) is 39.3 Å². The van der Waals surface area contributed by atoms with E-state index in [-0.39, 0.29) is 5.41 Å². The first kappa shape index (κ1) is 18.7. The van der Waals surface area contributed by atoms with Crippen LogP contribution in [0.2, 0.25) is 0 Å². The molecule has 0 aromatic heterocycles. The Hall–Kier alpha value is -2.64. The molecule has 0 bridgehead atoms. The normalized spacial score (nSPS) is 12.2. The fourth-order valence-corrected chi connectivity index (χ4v) is 4.03. The van der Waals surface area contributed by atoms with Crippen molar-refractivity contribution in [1.29, 1.82) is 0 Å². The van der Waals surface area contributed by atoms with E-state index >= 15 is 0 Å². The first-order valence-corrected chi connectivity index (χ1v) is 10.1. The number of rotatable bonds is 4. The minimum Gasteiger partial charge on any atom is -0.298 e. The van der Waals surface area contributed by atoms with Crippen molar-refractivity contribution in [3.63, 3.8) is 0 Å². The summed E-state index contributed by atoms with van der Waals surface area (Å²) in [6.45, 7) is 8.67. The molecule has 4 aromatic rings. The zero-order chi connectivity index (χ0) is 19.7. The molecular formula is C27H29N. The summed E-state index contributed by atoms with van der Waals surface area (Å²) in [4.78, 5) is 2.42. The lowest BCUT2D eigenvalue weighted by molar-refractivity contribution is 0.321. The van der Waals surface area contributed by atoms with Gasteiger partial charge >= 0.3 is 0 Å². The first-order valence-electron chi connectivity index (χ1n) is 10.1. The topological polar surface area (TPSA) is 3.24 Å². The van der Waals surface area contributed by atoms with E-state index in [2.05, 4.69) is 112 Å². The van der Waals surface area contributed by atoms with Crippen LogP contribution in [0.15, 0.2) is 78.9 Å². The monoisotopic (exact) mass is 367 g/mol. The van der Waals surface area contributed by atoms with Gasteiger partial charge in [-0.2, -0.15) is 0 Å². The zero-order valence-electron chi connectivity index (χ0n) is 17.4. The van der Waals surface area contributed by atoms with Crippen LogP contribution >= 0.6 is 0 Å². The first-order chi connectivity index (χ1) is 13.4. The lowest BCUT2D eigenvalue weighted by Crippen LogP contribution is -2.18. The van der Waals surface area contributed by atoms with Crippen molar-refractivity contribution in [3.05, 3.63) is 95.6 Å². The third-order valence-electron chi connectivity index (χ3n) is 5.58. The van der Waals surface area contributed by atoms with E-state index in [1.165, 1.54) is 38.2 Å². The van der Waals surface area contributed by atoms with Gasteiger partial charge in [0, 0.05) is 13.1 Å². The molecule has 0 fully saturated rings. The molecule has 0 atom stereocenters. The SMILES string of the molecule is CN(Cc1ccc(C(C)(C)C)cc1)Cc1c2ccccc2cc2ccccc12. The Kier molecular flexibility index (Phi) is 4.95. The lowest BCUT2D eigenvalue weighted by Gasteiger charge is -2.22. The molecule has 0 spiro atoms. The summed E-state index contributed by atoms with van der Waals surface area (Å²) < 4.78 is 0. The molecule has 0 saturated heterocycles. The predicted octanol–water partition coefficient (Wildman–Crippen LogP) is 6.92. The molecule has 1 nitrogen and oxygen atoms in total. The second-order valence-electron chi connectivity index (χ2n) is 8.92. The van der Waals surface area contributed by atoms with E-state index in [4.69, 9.17) is 0 Å². The highest BCUT2D eigenvalue weighted by molar-refractivity contribution is 6.02. The van der Waals surface area contributed by atoms with Gasteiger partial charge in [-0.05, 0) is 56.8 Å². The Morgan fingerprint density at radius 2 is 1.21 bits per heavy atom. The molecule has 0 aliphatic heterocycles. The predicted molar refractivity (Wildman–Crippen MR) is 122 cm³/mol. The van der Waals surface area contributed by atoms with Crippen molar-refractivity contribution in [3.8, 4) is 0 Å². The van der Waals surface area contributed by atoms with E-state index in [0.717, 1.165) is 13.1 Å². The van der Waals surface area contributed by atoms with Gasteiger partial charge in [0.25, 0.3) is 0 Å². The quantitative estimate of drug-likeness (QED) is 0.354. The number of hydrogen-bond acceptors (Lipinski definition) is 1. The maximum Gasteiger partial charge on any atom is 0.0246 e. The van der Waals surface area contributed by atoms with Gasteiger partial charge < -0.3 is 0 Å². The van der Waals surface area contributed by atoms with Gasteiger partial charge in [0.05, 0.1) is 0 Å². The number of fused-ring (bicyclic) bond motifs is 2. The van der Waals surface area contributed by atoms with Crippen LogP contribution in [0.1, 0.15) is 37.5 Å². The number of nitrogens with zero attached hydrogens (tertiary/aromatic N) is 1. The molecule has 0 aliphatic carbocycles. The van der Waals surface area contributed by atoms with E-state index in [0.29, 0.717) is 0 Å². The molecule has 0 amide bonds. The summed E-state index contributed by atoms with van der Waals surface area (Å²) in [5.74, 6) is 0. The average molecular weight is 368 g/mol. The fourth-order valence-electron chi connectivity index (χ4n) is 4.03. The van der Waals surface area contributed by atoms with E-state index in [9.17, 15) is 0 Å². The van der Waals surface area contributed by atoms with Gasteiger partial charge in [-0.3, -0.25) is 4.90 Å².